The van der Waals surface area contributed by atoms with Crippen LogP contribution >= 0.6 is 0 Å². The Morgan fingerprint density at radius 3 is 2.11 bits per heavy atom. The monoisotopic (exact) mass is 270 g/mol. The summed E-state index contributed by atoms with van der Waals surface area (Å²) in [7, 11) is 1.47. The van der Waals surface area contributed by atoms with E-state index in [0.29, 0.717) is 0 Å². The summed E-state index contributed by atoms with van der Waals surface area (Å²) in [6, 6.07) is 0. The standard InChI is InChI=1S/C17H34O2/c1-5-6-7-8-9-10-12-15(2)13-11-14-16(3)17(18)19-4/h15-16H,5-14H2,1-4H3. The molecular formula is C17H34O2. The summed E-state index contributed by atoms with van der Waals surface area (Å²) in [5.74, 6) is 0.797. The third-order valence-electron chi connectivity index (χ3n) is 3.99. The average molecular weight is 270 g/mol. The second kappa shape index (κ2) is 12.5. The van der Waals surface area contributed by atoms with Gasteiger partial charge < -0.3 is 4.74 Å². The molecule has 0 aromatic heterocycles. The minimum atomic E-state index is -0.0661. The van der Waals surface area contributed by atoms with E-state index < -0.39 is 0 Å². The number of hydrogen-bond donors (Lipinski definition) is 0. The summed E-state index contributed by atoms with van der Waals surface area (Å²) in [4.78, 5) is 11.3. The summed E-state index contributed by atoms with van der Waals surface area (Å²) in [5.41, 5.74) is 0. The molecule has 0 bridgehead atoms. The molecule has 19 heavy (non-hydrogen) atoms. The zero-order valence-corrected chi connectivity index (χ0v) is 13.5. The van der Waals surface area contributed by atoms with E-state index in [1.54, 1.807) is 0 Å². The molecule has 0 spiro atoms. The van der Waals surface area contributed by atoms with Gasteiger partial charge in [0.25, 0.3) is 0 Å². The predicted octanol–water partition coefficient (Wildman–Crippen LogP) is 5.35. The van der Waals surface area contributed by atoms with Gasteiger partial charge in [-0.2, -0.15) is 0 Å². The zero-order chi connectivity index (χ0) is 14.5. The maximum Gasteiger partial charge on any atom is 0.308 e. The maximum absolute atomic E-state index is 11.3. The van der Waals surface area contributed by atoms with Gasteiger partial charge >= 0.3 is 5.97 Å². The van der Waals surface area contributed by atoms with Crippen molar-refractivity contribution in [2.45, 2.75) is 85.0 Å². The van der Waals surface area contributed by atoms with E-state index in [9.17, 15) is 4.79 Å². The first-order valence-corrected chi connectivity index (χ1v) is 8.19. The molecule has 2 nitrogen and oxygen atoms in total. The van der Waals surface area contributed by atoms with Crippen molar-refractivity contribution in [1.82, 2.24) is 0 Å². The van der Waals surface area contributed by atoms with Crippen molar-refractivity contribution in [3.8, 4) is 0 Å². The molecule has 0 N–H and O–H groups in total. The minimum absolute atomic E-state index is 0.0613. The summed E-state index contributed by atoms with van der Waals surface area (Å²) in [6.45, 7) is 6.57. The van der Waals surface area contributed by atoms with Crippen LogP contribution in [0.1, 0.15) is 85.0 Å². The second-order valence-electron chi connectivity index (χ2n) is 6.02. The van der Waals surface area contributed by atoms with Gasteiger partial charge in [-0.15, -0.1) is 0 Å². The Morgan fingerprint density at radius 2 is 1.47 bits per heavy atom. The molecule has 114 valence electrons. The maximum atomic E-state index is 11.3. The lowest BCUT2D eigenvalue weighted by Gasteiger charge is -2.13. The lowest BCUT2D eigenvalue weighted by Crippen LogP contribution is -2.12. The summed E-state index contributed by atoms with van der Waals surface area (Å²) in [6.07, 6.45) is 13.0. The van der Waals surface area contributed by atoms with Crippen LogP contribution in [0.3, 0.4) is 0 Å². The molecule has 2 heteroatoms. The molecular weight excluding hydrogens is 236 g/mol. The molecule has 2 unspecified atom stereocenters. The molecule has 0 radical (unpaired) electrons. The van der Waals surface area contributed by atoms with Crippen molar-refractivity contribution in [3.05, 3.63) is 0 Å². The number of hydrogen-bond acceptors (Lipinski definition) is 2. The highest BCUT2D eigenvalue weighted by molar-refractivity contribution is 5.71. The molecule has 0 aliphatic carbocycles. The largest absolute Gasteiger partial charge is 0.469 e. The Morgan fingerprint density at radius 1 is 0.895 bits per heavy atom. The zero-order valence-electron chi connectivity index (χ0n) is 13.5. The molecule has 0 aliphatic heterocycles. The van der Waals surface area contributed by atoms with Gasteiger partial charge in [0.1, 0.15) is 0 Å². The molecule has 0 fully saturated rings. The molecule has 0 aromatic carbocycles. The predicted molar refractivity (Wildman–Crippen MR) is 82.2 cm³/mol. The Labute approximate surface area is 120 Å². The van der Waals surface area contributed by atoms with E-state index in [0.717, 1.165) is 18.8 Å². The SMILES string of the molecule is CCCCCCCCC(C)CCCC(C)C(=O)OC. The number of carbonyl (C=O) groups excluding carboxylic acids is 1. The fourth-order valence-corrected chi connectivity index (χ4v) is 2.51. The van der Waals surface area contributed by atoms with Gasteiger partial charge in [-0.1, -0.05) is 78.6 Å². The second-order valence-corrected chi connectivity index (χ2v) is 6.02. The van der Waals surface area contributed by atoms with Crippen LogP contribution in [0.15, 0.2) is 0 Å². The van der Waals surface area contributed by atoms with Crippen LogP contribution < -0.4 is 0 Å². The van der Waals surface area contributed by atoms with Crippen molar-refractivity contribution in [2.75, 3.05) is 7.11 Å². The van der Waals surface area contributed by atoms with E-state index in [1.165, 1.54) is 58.5 Å². The van der Waals surface area contributed by atoms with Crippen molar-refractivity contribution in [3.63, 3.8) is 0 Å². The molecule has 0 amide bonds. The van der Waals surface area contributed by atoms with Crippen molar-refractivity contribution in [1.29, 1.82) is 0 Å². The van der Waals surface area contributed by atoms with Crippen LogP contribution in [0.2, 0.25) is 0 Å². The molecule has 2 atom stereocenters. The van der Waals surface area contributed by atoms with Crippen molar-refractivity contribution < 1.29 is 9.53 Å². The number of unbranched alkanes of at least 4 members (excludes halogenated alkanes) is 5. The molecule has 0 aliphatic rings. The van der Waals surface area contributed by atoms with Gasteiger partial charge in [0.15, 0.2) is 0 Å². The Bertz CT molecular complexity index is 213. The van der Waals surface area contributed by atoms with E-state index in [4.69, 9.17) is 4.74 Å². The lowest BCUT2D eigenvalue weighted by atomic mass is 9.94. The highest BCUT2D eigenvalue weighted by Gasteiger charge is 2.13. The first-order valence-electron chi connectivity index (χ1n) is 8.19. The van der Waals surface area contributed by atoms with Gasteiger partial charge in [-0.25, -0.2) is 0 Å². The normalized spacial score (nSPS) is 14.1. The number of rotatable bonds is 12. The van der Waals surface area contributed by atoms with Crippen LogP contribution in [0, 0.1) is 11.8 Å². The number of methoxy groups -OCH3 is 1. The summed E-state index contributed by atoms with van der Waals surface area (Å²) < 4.78 is 4.74. The molecule has 0 heterocycles. The fourth-order valence-electron chi connectivity index (χ4n) is 2.51. The minimum Gasteiger partial charge on any atom is -0.469 e. The van der Waals surface area contributed by atoms with E-state index in [-0.39, 0.29) is 11.9 Å². The Hall–Kier alpha value is -0.530. The third-order valence-corrected chi connectivity index (χ3v) is 3.99. The van der Waals surface area contributed by atoms with Crippen LogP contribution in [-0.2, 0) is 9.53 Å². The molecule has 0 saturated carbocycles. The molecule has 0 aromatic rings. The van der Waals surface area contributed by atoms with E-state index >= 15 is 0 Å². The highest BCUT2D eigenvalue weighted by atomic mass is 16.5. The average Bonchev–Trinajstić information content (AvgIpc) is 2.41. The topological polar surface area (TPSA) is 26.3 Å². The Kier molecular flexibility index (Phi) is 12.2. The van der Waals surface area contributed by atoms with Gasteiger partial charge in [-0.05, 0) is 12.3 Å². The lowest BCUT2D eigenvalue weighted by molar-refractivity contribution is -0.145. The fraction of sp³-hybridized carbons (Fsp3) is 0.941. The van der Waals surface area contributed by atoms with Crippen LogP contribution in [-0.4, -0.2) is 13.1 Å². The quantitative estimate of drug-likeness (QED) is 0.353. The van der Waals surface area contributed by atoms with Gasteiger partial charge in [-0.3, -0.25) is 4.79 Å². The number of carbonyl (C=O) groups is 1. The van der Waals surface area contributed by atoms with Crippen LogP contribution in [0.4, 0.5) is 0 Å². The smallest absolute Gasteiger partial charge is 0.308 e. The Balaban J connectivity index is 3.39. The molecule has 0 rings (SSSR count). The van der Waals surface area contributed by atoms with E-state index in [1.807, 2.05) is 6.92 Å². The van der Waals surface area contributed by atoms with Gasteiger partial charge in [0.05, 0.1) is 13.0 Å². The van der Waals surface area contributed by atoms with Gasteiger partial charge in [0, 0.05) is 0 Å². The van der Waals surface area contributed by atoms with Crippen LogP contribution in [0.5, 0.6) is 0 Å². The first-order chi connectivity index (χ1) is 9.11. The van der Waals surface area contributed by atoms with Gasteiger partial charge in [0.2, 0.25) is 0 Å². The first kappa shape index (κ1) is 18.5. The van der Waals surface area contributed by atoms with E-state index in [2.05, 4.69) is 13.8 Å². The molecule has 0 saturated heterocycles. The third kappa shape index (κ3) is 11.0. The van der Waals surface area contributed by atoms with Crippen molar-refractivity contribution in [2.24, 2.45) is 11.8 Å². The van der Waals surface area contributed by atoms with Crippen LogP contribution in [0.25, 0.3) is 0 Å². The summed E-state index contributed by atoms with van der Waals surface area (Å²) >= 11 is 0. The number of esters is 1. The highest BCUT2D eigenvalue weighted by Crippen LogP contribution is 2.19. The van der Waals surface area contributed by atoms with Crippen molar-refractivity contribution >= 4 is 5.97 Å². The summed E-state index contributed by atoms with van der Waals surface area (Å²) in [5, 5.41) is 0. The number of ether oxygens (including phenoxy) is 1.